The Hall–Kier alpha value is -3.15. The number of ether oxygens (including phenoxy) is 1. The number of ketones is 1. The molecular weight excluding hydrogens is 322 g/mol. The molecule has 0 aliphatic rings. The van der Waals surface area contributed by atoms with Gasteiger partial charge in [0.25, 0.3) is 0 Å². The summed E-state index contributed by atoms with van der Waals surface area (Å²) < 4.78 is 11.7. The first-order chi connectivity index (χ1) is 12.0. The Balaban J connectivity index is 1.82. The van der Waals surface area contributed by atoms with E-state index in [2.05, 4.69) is 0 Å². The van der Waals surface area contributed by atoms with Gasteiger partial charge in [-0.15, -0.1) is 0 Å². The van der Waals surface area contributed by atoms with Crippen LogP contribution in [0.5, 0.6) is 5.75 Å². The first-order valence-electron chi connectivity index (χ1n) is 7.96. The van der Waals surface area contributed by atoms with Crippen molar-refractivity contribution in [1.82, 2.24) is 4.57 Å². The van der Waals surface area contributed by atoms with Crippen LogP contribution in [0.3, 0.4) is 0 Å². The standard InChI is InChI=1S/C19H17NO5/c1-3-16(21)13-8-10-14(11-9-13)24-18(22)12(2)20-15-6-4-5-7-17(15)25-19(20)23/h4-12H,3H2,1-2H3. The Bertz CT molecular complexity index is 981. The van der Waals surface area contributed by atoms with E-state index in [-0.39, 0.29) is 5.78 Å². The lowest BCUT2D eigenvalue weighted by Gasteiger charge is -2.12. The van der Waals surface area contributed by atoms with Crippen LogP contribution in [0.25, 0.3) is 11.1 Å². The number of hydrogen-bond donors (Lipinski definition) is 0. The second kappa shape index (κ2) is 6.76. The molecule has 0 saturated heterocycles. The molecule has 3 aromatic rings. The Morgan fingerprint density at radius 3 is 2.48 bits per heavy atom. The number of nitrogens with zero attached hydrogens (tertiary/aromatic N) is 1. The first-order valence-corrected chi connectivity index (χ1v) is 7.96. The predicted molar refractivity (Wildman–Crippen MR) is 91.9 cm³/mol. The van der Waals surface area contributed by atoms with Gasteiger partial charge in [-0.05, 0) is 43.3 Å². The highest BCUT2D eigenvalue weighted by molar-refractivity contribution is 5.96. The Kier molecular flexibility index (Phi) is 4.52. The monoisotopic (exact) mass is 339 g/mol. The second-order valence-corrected chi connectivity index (χ2v) is 5.60. The predicted octanol–water partition coefficient (Wildman–Crippen LogP) is 3.35. The zero-order valence-electron chi connectivity index (χ0n) is 13.9. The average molecular weight is 339 g/mol. The Morgan fingerprint density at radius 1 is 1.12 bits per heavy atom. The van der Waals surface area contributed by atoms with Crippen LogP contribution in [0.1, 0.15) is 36.7 Å². The molecule has 0 radical (unpaired) electrons. The van der Waals surface area contributed by atoms with Crippen LogP contribution >= 0.6 is 0 Å². The maximum absolute atomic E-state index is 12.4. The number of esters is 1. The minimum Gasteiger partial charge on any atom is -0.425 e. The van der Waals surface area contributed by atoms with Crippen LogP contribution in [0.2, 0.25) is 0 Å². The van der Waals surface area contributed by atoms with Gasteiger partial charge in [-0.2, -0.15) is 0 Å². The van der Waals surface area contributed by atoms with Crippen LogP contribution < -0.4 is 10.5 Å². The molecule has 1 atom stereocenters. The van der Waals surface area contributed by atoms with Crippen molar-refractivity contribution in [3.63, 3.8) is 0 Å². The zero-order valence-corrected chi connectivity index (χ0v) is 13.9. The fourth-order valence-electron chi connectivity index (χ4n) is 2.57. The van der Waals surface area contributed by atoms with Crippen LogP contribution in [0.15, 0.2) is 57.7 Å². The number of Topliss-reactive ketones (excluding diaryl/α,β-unsaturated/α-hetero) is 1. The van der Waals surface area contributed by atoms with Gasteiger partial charge in [0.1, 0.15) is 11.8 Å². The van der Waals surface area contributed by atoms with E-state index < -0.39 is 17.8 Å². The molecule has 6 heteroatoms. The maximum atomic E-state index is 12.4. The molecule has 0 spiro atoms. The van der Waals surface area contributed by atoms with Crippen molar-refractivity contribution in [1.29, 1.82) is 0 Å². The van der Waals surface area contributed by atoms with Gasteiger partial charge in [-0.3, -0.25) is 9.36 Å². The number of rotatable bonds is 5. The fourth-order valence-corrected chi connectivity index (χ4v) is 2.57. The number of carbonyl (C=O) groups is 2. The van der Waals surface area contributed by atoms with E-state index in [0.717, 1.165) is 0 Å². The quantitative estimate of drug-likeness (QED) is 0.405. The molecule has 0 aliphatic carbocycles. The molecule has 1 aromatic heterocycles. The fraction of sp³-hybridized carbons (Fsp3) is 0.211. The van der Waals surface area contributed by atoms with E-state index in [4.69, 9.17) is 9.15 Å². The van der Waals surface area contributed by atoms with Crippen LogP contribution in [-0.4, -0.2) is 16.3 Å². The van der Waals surface area contributed by atoms with Gasteiger partial charge in [0.2, 0.25) is 0 Å². The van der Waals surface area contributed by atoms with Crippen LogP contribution in [0, 0.1) is 0 Å². The topological polar surface area (TPSA) is 78.5 Å². The van der Waals surface area contributed by atoms with Gasteiger partial charge in [0.15, 0.2) is 11.4 Å². The third kappa shape index (κ3) is 3.24. The molecule has 2 aromatic carbocycles. The smallest absolute Gasteiger partial charge is 0.420 e. The zero-order chi connectivity index (χ0) is 18.0. The third-order valence-corrected chi connectivity index (χ3v) is 3.96. The summed E-state index contributed by atoms with van der Waals surface area (Å²) in [5, 5.41) is 0. The maximum Gasteiger partial charge on any atom is 0.420 e. The number of fused-ring (bicyclic) bond motifs is 1. The summed E-state index contributed by atoms with van der Waals surface area (Å²) in [6.45, 7) is 3.35. The van der Waals surface area contributed by atoms with Crippen molar-refractivity contribution in [3.8, 4) is 5.75 Å². The van der Waals surface area contributed by atoms with Gasteiger partial charge in [-0.25, -0.2) is 9.59 Å². The van der Waals surface area contributed by atoms with E-state index in [9.17, 15) is 14.4 Å². The van der Waals surface area contributed by atoms with Gasteiger partial charge in [0.05, 0.1) is 5.52 Å². The number of hydrogen-bond acceptors (Lipinski definition) is 5. The van der Waals surface area contributed by atoms with Gasteiger partial charge in [-0.1, -0.05) is 19.1 Å². The highest BCUT2D eigenvalue weighted by Crippen LogP contribution is 2.20. The van der Waals surface area contributed by atoms with Crippen LogP contribution in [-0.2, 0) is 4.79 Å². The molecule has 3 rings (SSSR count). The molecule has 0 fully saturated rings. The lowest BCUT2D eigenvalue weighted by molar-refractivity contribution is -0.137. The molecule has 25 heavy (non-hydrogen) atoms. The number of oxazole rings is 1. The lowest BCUT2D eigenvalue weighted by Crippen LogP contribution is -2.28. The van der Waals surface area contributed by atoms with Gasteiger partial charge in [0, 0.05) is 12.0 Å². The van der Waals surface area contributed by atoms with E-state index in [1.165, 1.54) is 4.57 Å². The van der Waals surface area contributed by atoms with Crippen LogP contribution in [0.4, 0.5) is 0 Å². The molecule has 0 N–H and O–H groups in total. The van der Waals surface area contributed by atoms with E-state index in [0.29, 0.717) is 28.8 Å². The summed E-state index contributed by atoms with van der Waals surface area (Å²) in [6.07, 6.45) is 0.409. The molecule has 1 heterocycles. The minimum absolute atomic E-state index is 0.0164. The summed E-state index contributed by atoms with van der Waals surface area (Å²) >= 11 is 0. The molecule has 1 unspecified atom stereocenters. The third-order valence-electron chi connectivity index (χ3n) is 3.96. The SMILES string of the molecule is CCC(=O)c1ccc(OC(=O)C(C)n2c(=O)oc3ccccc32)cc1. The summed E-state index contributed by atoms with van der Waals surface area (Å²) in [5.41, 5.74) is 1.50. The highest BCUT2D eigenvalue weighted by atomic mass is 16.5. The molecule has 0 saturated carbocycles. The summed E-state index contributed by atoms with van der Waals surface area (Å²) in [5.74, 6) is -0.884. The Labute approximate surface area is 143 Å². The summed E-state index contributed by atoms with van der Waals surface area (Å²) in [4.78, 5) is 36.0. The summed E-state index contributed by atoms with van der Waals surface area (Å²) in [7, 11) is 0. The molecule has 0 amide bonds. The van der Waals surface area contributed by atoms with Crippen molar-refractivity contribution in [3.05, 3.63) is 64.6 Å². The van der Waals surface area contributed by atoms with Crippen molar-refractivity contribution in [2.75, 3.05) is 0 Å². The molecule has 6 nitrogen and oxygen atoms in total. The Morgan fingerprint density at radius 2 is 1.80 bits per heavy atom. The molecular formula is C19H17NO5. The van der Waals surface area contributed by atoms with E-state index >= 15 is 0 Å². The summed E-state index contributed by atoms with van der Waals surface area (Å²) in [6, 6.07) is 12.4. The normalized spacial score (nSPS) is 12.1. The van der Waals surface area contributed by atoms with Gasteiger partial charge >= 0.3 is 11.7 Å². The number of para-hydroxylation sites is 2. The minimum atomic E-state index is -0.854. The second-order valence-electron chi connectivity index (χ2n) is 5.60. The van der Waals surface area contributed by atoms with E-state index in [1.54, 1.807) is 62.4 Å². The number of benzene rings is 2. The highest BCUT2D eigenvalue weighted by Gasteiger charge is 2.23. The number of aromatic nitrogens is 1. The van der Waals surface area contributed by atoms with Crippen molar-refractivity contribution < 1.29 is 18.7 Å². The lowest BCUT2D eigenvalue weighted by atomic mass is 10.1. The average Bonchev–Trinajstić information content (AvgIpc) is 2.96. The molecule has 128 valence electrons. The van der Waals surface area contributed by atoms with Crippen molar-refractivity contribution in [2.24, 2.45) is 0 Å². The van der Waals surface area contributed by atoms with Crippen molar-refractivity contribution >= 4 is 22.9 Å². The van der Waals surface area contributed by atoms with Crippen molar-refractivity contribution in [2.45, 2.75) is 26.3 Å². The largest absolute Gasteiger partial charge is 0.425 e. The van der Waals surface area contributed by atoms with Gasteiger partial charge < -0.3 is 9.15 Å². The molecule has 0 aliphatic heterocycles. The molecule has 0 bridgehead atoms. The number of carbonyl (C=O) groups excluding carboxylic acids is 2. The first kappa shape index (κ1) is 16.7. The van der Waals surface area contributed by atoms with E-state index in [1.807, 2.05) is 0 Å².